The van der Waals surface area contributed by atoms with Gasteiger partial charge in [0.1, 0.15) is 5.82 Å². The minimum absolute atomic E-state index is 0.00381. The lowest BCUT2D eigenvalue weighted by molar-refractivity contribution is -0.132. The van der Waals surface area contributed by atoms with Crippen LogP contribution in [0.5, 0.6) is 0 Å². The maximum absolute atomic E-state index is 13.4. The van der Waals surface area contributed by atoms with Gasteiger partial charge in [-0.3, -0.25) is 19.0 Å². The molecule has 184 valence electrons. The lowest BCUT2D eigenvalue weighted by Gasteiger charge is -2.27. The summed E-state index contributed by atoms with van der Waals surface area (Å²) in [7, 11) is 2.04. The lowest BCUT2D eigenvalue weighted by atomic mass is 10.1. The molecule has 35 heavy (non-hydrogen) atoms. The molecule has 1 aliphatic heterocycles. The standard InChI is InChI=1S/C27H33N5O3/c1-20-28-24-11-6-5-10-23(24)27(35)31(20)16-13-26(34)30-18-17-29(3)14-8-15-32(21(2)33)25-12-7-4-9-22(25)19-30/h4-7,9-12H,8,13-19H2,1-3H3. The smallest absolute Gasteiger partial charge is 0.261 e. The zero-order valence-electron chi connectivity index (χ0n) is 20.7. The molecule has 0 N–H and O–H groups in total. The number of hydrogen-bond donors (Lipinski definition) is 0. The Balaban J connectivity index is 1.58. The van der Waals surface area contributed by atoms with Crippen molar-refractivity contribution in [2.75, 3.05) is 38.1 Å². The van der Waals surface area contributed by atoms with Crippen LogP contribution < -0.4 is 10.5 Å². The number of carbonyl (C=O) groups excluding carboxylic acids is 2. The zero-order chi connectivity index (χ0) is 24.9. The van der Waals surface area contributed by atoms with Gasteiger partial charge in [-0.15, -0.1) is 0 Å². The molecular weight excluding hydrogens is 442 g/mol. The third-order valence-electron chi connectivity index (χ3n) is 6.65. The molecule has 0 spiro atoms. The Labute approximate surface area is 205 Å². The van der Waals surface area contributed by atoms with E-state index in [1.165, 1.54) is 0 Å². The van der Waals surface area contributed by atoms with Gasteiger partial charge < -0.3 is 14.7 Å². The van der Waals surface area contributed by atoms with Crippen LogP contribution in [0.4, 0.5) is 5.69 Å². The lowest BCUT2D eigenvalue weighted by Crippen LogP contribution is -2.38. The van der Waals surface area contributed by atoms with E-state index in [1.807, 2.05) is 54.4 Å². The van der Waals surface area contributed by atoms with E-state index >= 15 is 0 Å². The number of benzene rings is 2. The minimum Gasteiger partial charge on any atom is -0.337 e. The fraction of sp³-hybridized carbons (Fsp3) is 0.407. The van der Waals surface area contributed by atoms with Crippen molar-refractivity contribution in [2.45, 2.75) is 39.8 Å². The van der Waals surface area contributed by atoms with Crippen LogP contribution in [0.3, 0.4) is 0 Å². The molecule has 1 aromatic heterocycles. The minimum atomic E-state index is -0.125. The molecule has 2 aromatic carbocycles. The van der Waals surface area contributed by atoms with Gasteiger partial charge in [-0.25, -0.2) is 4.98 Å². The maximum Gasteiger partial charge on any atom is 0.261 e. The SMILES string of the molecule is CC(=O)N1CCCN(C)CCN(C(=O)CCn2c(C)nc3ccccc3c2=O)Cc2ccccc21. The highest BCUT2D eigenvalue weighted by Gasteiger charge is 2.22. The van der Waals surface area contributed by atoms with Crippen molar-refractivity contribution in [3.63, 3.8) is 0 Å². The Morgan fingerprint density at radius 1 is 0.971 bits per heavy atom. The highest BCUT2D eigenvalue weighted by atomic mass is 16.2. The van der Waals surface area contributed by atoms with Crippen LogP contribution in [0.2, 0.25) is 0 Å². The second-order valence-corrected chi connectivity index (χ2v) is 9.15. The second kappa shape index (κ2) is 10.8. The largest absolute Gasteiger partial charge is 0.337 e. The molecule has 0 saturated heterocycles. The number of aryl methyl sites for hydroxylation is 1. The van der Waals surface area contributed by atoms with Crippen LogP contribution in [0, 0.1) is 6.92 Å². The molecule has 0 unspecified atom stereocenters. The summed E-state index contributed by atoms with van der Waals surface area (Å²) in [5.74, 6) is 0.568. The first-order chi connectivity index (χ1) is 16.8. The summed E-state index contributed by atoms with van der Waals surface area (Å²) in [5, 5.41) is 0.556. The average Bonchev–Trinajstić information content (AvgIpc) is 2.87. The van der Waals surface area contributed by atoms with Crippen molar-refractivity contribution in [1.82, 2.24) is 19.4 Å². The molecule has 1 aliphatic rings. The van der Waals surface area contributed by atoms with Gasteiger partial charge in [0, 0.05) is 51.8 Å². The van der Waals surface area contributed by atoms with Crippen LogP contribution >= 0.6 is 0 Å². The number of likely N-dealkylation sites (N-methyl/N-ethyl adjacent to an activating group) is 1. The second-order valence-electron chi connectivity index (χ2n) is 9.15. The Morgan fingerprint density at radius 2 is 1.71 bits per heavy atom. The molecule has 8 heteroatoms. The molecule has 0 fully saturated rings. The molecule has 0 aliphatic carbocycles. The van der Waals surface area contributed by atoms with Crippen molar-refractivity contribution < 1.29 is 9.59 Å². The summed E-state index contributed by atoms with van der Waals surface area (Å²) in [6, 6.07) is 15.1. The van der Waals surface area contributed by atoms with Crippen LogP contribution in [-0.4, -0.2) is 64.4 Å². The predicted octanol–water partition coefficient (Wildman–Crippen LogP) is 2.81. The third kappa shape index (κ3) is 5.59. The summed E-state index contributed by atoms with van der Waals surface area (Å²) in [6.07, 6.45) is 1.05. The fourth-order valence-corrected chi connectivity index (χ4v) is 4.66. The predicted molar refractivity (Wildman–Crippen MR) is 137 cm³/mol. The Kier molecular flexibility index (Phi) is 7.60. The van der Waals surface area contributed by atoms with Gasteiger partial charge in [0.15, 0.2) is 0 Å². The fourth-order valence-electron chi connectivity index (χ4n) is 4.66. The first-order valence-corrected chi connectivity index (χ1v) is 12.1. The van der Waals surface area contributed by atoms with Crippen LogP contribution in [0.15, 0.2) is 53.3 Å². The number of amides is 2. The summed E-state index contributed by atoms with van der Waals surface area (Å²) in [4.78, 5) is 49.3. The molecule has 0 atom stereocenters. The molecule has 3 aromatic rings. The number of rotatable bonds is 3. The van der Waals surface area contributed by atoms with E-state index in [-0.39, 0.29) is 30.3 Å². The number of anilines is 1. The van der Waals surface area contributed by atoms with Gasteiger partial charge in [0.2, 0.25) is 11.8 Å². The Hall–Kier alpha value is -3.52. The maximum atomic E-state index is 13.4. The molecule has 0 bridgehead atoms. The van der Waals surface area contributed by atoms with Crippen molar-refractivity contribution in [1.29, 1.82) is 0 Å². The van der Waals surface area contributed by atoms with E-state index in [1.54, 1.807) is 29.4 Å². The van der Waals surface area contributed by atoms with Crippen molar-refractivity contribution >= 4 is 28.4 Å². The number of aromatic nitrogens is 2. The van der Waals surface area contributed by atoms with Crippen molar-refractivity contribution in [2.24, 2.45) is 0 Å². The summed E-state index contributed by atoms with van der Waals surface area (Å²) in [5.41, 5.74) is 2.34. The molecule has 8 nitrogen and oxygen atoms in total. The first kappa shape index (κ1) is 24.6. The summed E-state index contributed by atoms with van der Waals surface area (Å²) < 4.78 is 1.59. The number of para-hydroxylation sites is 2. The van der Waals surface area contributed by atoms with E-state index in [0.29, 0.717) is 36.4 Å². The van der Waals surface area contributed by atoms with Gasteiger partial charge in [-0.2, -0.15) is 0 Å². The van der Waals surface area contributed by atoms with Gasteiger partial charge in [-0.05, 0) is 50.7 Å². The van der Waals surface area contributed by atoms with Gasteiger partial charge >= 0.3 is 0 Å². The molecule has 0 saturated carbocycles. The van der Waals surface area contributed by atoms with Crippen LogP contribution in [0.1, 0.15) is 31.2 Å². The van der Waals surface area contributed by atoms with Gasteiger partial charge in [0.25, 0.3) is 5.56 Å². The first-order valence-electron chi connectivity index (χ1n) is 12.1. The number of fused-ring (bicyclic) bond motifs is 2. The number of hydrogen-bond acceptors (Lipinski definition) is 5. The van der Waals surface area contributed by atoms with Crippen LogP contribution in [0.25, 0.3) is 10.9 Å². The van der Waals surface area contributed by atoms with Gasteiger partial charge in [0.05, 0.1) is 10.9 Å². The normalized spacial score (nSPS) is 15.5. The van der Waals surface area contributed by atoms with E-state index in [4.69, 9.17) is 0 Å². The summed E-state index contributed by atoms with van der Waals surface area (Å²) >= 11 is 0. The number of carbonyl (C=O) groups is 2. The molecule has 2 heterocycles. The quantitative estimate of drug-likeness (QED) is 0.582. The van der Waals surface area contributed by atoms with Crippen molar-refractivity contribution in [3.8, 4) is 0 Å². The topological polar surface area (TPSA) is 78.8 Å². The van der Waals surface area contributed by atoms with Crippen molar-refractivity contribution in [3.05, 3.63) is 70.3 Å². The summed E-state index contributed by atoms with van der Waals surface area (Å²) in [6.45, 7) is 6.87. The molecule has 2 amide bonds. The number of nitrogens with zero attached hydrogens (tertiary/aromatic N) is 5. The molecular formula is C27H33N5O3. The third-order valence-corrected chi connectivity index (χ3v) is 6.65. The van der Waals surface area contributed by atoms with E-state index < -0.39 is 0 Å². The average molecular weight is 476 g/mol. The molecule has 4 rings (SSSR count). The van der Waals surface area contributed by atoms with E-state index in [9.17, 15) is 14.4 Å². The van der Waals surface area contributed by atoms with Gasteiger partial charge in [-0.1, -0.05) is 30.3 Å². The van der Waals surface area contributed by atoms with Crippen LogP contribution in [-0.2, 0) is 22.7 Å². The Morgan fingerprint density at radius 3 is 2.51 bits per heavy atom. The highest BCUT2D eigenvalue weighted by Crippen LogP contribution is 2.24. The van der Waals surface area contributed by atoms with E-state index in [2.05, 4.69) is 9.88 Å². The molecule has 0 radical (unpaired) electrons. The zero-order valence-corrected chi connectivity index (χ0v) is 20.7. The monoisotopic (exact) mass is 475 g/mol. The van der Waals surface area contributed by atoms with E-state index in [0.717, 1.165) is 30.8 Å². The highest BCUT2D eigenvalue weighted by molar-refractivity contribution is 5.92. The Bertz CT molecular complexity index is 1290.